The van der Waals surface area contributed by atoms with E-state index in [9.17, 15) is 4.79 Å². The molecule has 0 atom stereocenters. The molecule has 0 amide bonds. The summed E-state index contributed by atoms with van der Waals surface area (Å²) in [6.07, 6.45) is 0. The van der Waals surface area contributed by atoms with Gasteiger partial charge in [0.1, 0.15) is 5.58 Å². The van der Waals surface area contributed by atoms with Crippen molar-refractivity contribution in [2.24, 2.45) is 5.41 Å². The third kappa shape index (κ3) is 2.20. The highest BCUT2D eigenvalue weighted by atomic mass is 16.3. The van der Waals surface area contributed by atoms with Gasteiger partial charge < -0.3 is 4.42 Å². The Bertz CT molecular complexity index is 583. The van der Waals surface area contributed by atoms with Gasteiger partial charge in [0.05, 0.1) is 0 Å². The number of fused-ring (bicyclic) bond motifs is 1. The van der Waals surface area contributed by atoms with Crippen molar-refractivity contribution in [3.8, 4) is 0 Å². The second kappa shape index (κ2) is 4.27. The van der Waals surface area contributed by atoms with Gasteiger partial charge in [-0.2, -0.15) is 0 Å². The lowest BCUT2D eigenvalue weighted by atomic mass is 9.89. The van der Waals surface area contributed by atoms with E-state index in [4.69, 9.17) is 4.42 Å². The van der Waals surface area contributed by atoms with Gasteiger partial charge in [0.25, 0.3) is 0 Å². The molecule has 2 heteroatoms. The molecule has 1 aromatic heterocycles. The van der Waals surface area contributed by atoms with Gasteiger partial charge in [-0.15, -0.1) is 0 Å². The Balaban J connectivity index is 2.58. The standard InChI is InChI=1S/C16H20O2/c1-10(2)12-8-6-7-11-9-13(18-14(11)12)15(17)16(3,4)5/h6-10H,1-5H3. The average Bonchev–Trinajstić information content (AvgIpc) is 2.69. The van der Waals surface area contributed by atoms with Crippen LogP contribution in [0.5, 0.6) is 0 Å². The quantitative estimate of drug-likeness (QED) is 0.711. The lowest BCUT2D eigenvalue weighted by Gasteiger charge is -2.13. The zero-order valence-electron chi connectivity index (χ0n) is 11.7. The summed E-state index contributed by atoms with van der Waals surface area (Å²) in [5, 5.41) is 1.01. The minimum atomic E-state index is -0.411. The number of hydrogen-bond donors (Lipinski definition) is 0. The van der Waals surface area contributed by atoms with E-state index < -0.39 is 5.41 Å². The molecule has 2 aromatic rings. The summed E-state index contributed by atoms with van der Waals surface area (Å²) in [6.45, 7) is 9.98. The maximum atomic E-state index is 12.2. The molecule has 1 aromatic carbocycles. The Kier molecular flexibility index (Phi) is 3.05. The molecule has 1 heterocycles. The number of rotatable bonds is 2. The van der Waals surface area contributed by atoms with E-state index in [1.165, 1.54) is 0 Å². The number of hydrogen-bond acceptors (Lipinski definition) is 2. The van der Waals surface area contributed by atoms with Gasteiger partial charge in [0.15, 0.2) is 5.76 Å². The first-order valence-corrected chi connectivity index (χ1v) is 6.38. The van der Waals surface area contributed by atoms with Crippen LogP contribution in [0.3, 0.4) is 0 Å². The Morgan fingerprint density at radius 3 is 2.44 bits per heavy atom. The summed E-state index contributed by atoms with van der Waals surface area (Å²) in [5.74, 6) is 0.899. The molecule has 2 rings (SSSR count). The zero-order valence-corrected chi connectivity index (χ0v) is 11.7. The molecule has 0 saturated carbocycles. The molecular weight excluding hydrogens is 224 g/mol. The third-order valence-electron chi connectivity index (χ3n) is 3.10. The molecule has 0 spiro atoms. The van der Waals surface area contributed by atoms with E-state index in [-0.39, 0.29) is 5.78 Å². The van der Waals surface area contributed by atoms with Crippen LogP contribution in [-0.4, -0.2) is 5.78 Å². The molecule has 96 valence electrons. The predicted octanol–water partition coefficient (Wildman–Crippen LogP) is 4.79. The lowest BCUT2D eigenvalue weighted by molar-refractivity contribution is 0.0830. The maximum absolute atomic E-state index is 12.2. The van der Waals surface area contributed by atoms with Gasteiger partial charge in [0.2, 0.25) is 5.78 Å². The smallest absolute Gasteiger partial charge is 0.203 e. The first-order chi connectivity index (χ1) is 8.30. The fourth-order valence-corrected chi connectivity index (χ4v) is 2.02. The molecule has 0 bridgehead atoms. The van der Waals surface area contributed by atoms with E-state index in [2.05, 4.69) is 19.9 Å². The normalized spacial score (nSPS) is 12.3. The van der Waals surface area contributed by atoms with E-state index in [1.807, 2.05) is 39.0 Å². The molecule has 0 aliphatic heterocycles. The number of carbonyl (C=O) groups excluding carboxylic acids is 1. The SMILES string of the molecule is CC(C)c1cccc2cc(C(=O)C(C)(C)C)oc12. The fourth-order valence-electron chi connectivity index (χ4n) is 2.02. The summed E-state index contributed by atoms with van der Waals surface area (Å²) in [5.41, 5.74) is 1.59. The second-order valence-electron chi connectivity index (χ2n) is 6.11. The molecule has 0 aliphatic rings. The van der Waals surface area contributed by atoms with Crippen molar-refractivity contribution in [3.63, 3.8) is 0 Å². The average molecular weight is 244 g/mol. The van der Waals surface area contributed by atoms with Crippen molar-refractivity contribution >= 4 is 16.8 Å². The van der Waals surface area contributed by atoms with Gasteiger partial charge in [-0.05, 0) is 17.5 Å². The summed E-state index contributed by atoms with van der Waals surface area (Å²) < 4.78 is 5.80. The van der Waals surface area contributed by atoms with Crippen molar-refractivity contribution < 1.29 is 9.21 Å². The number of para-hydroxylation sites is 1. The molecule has 0 N–H and O–H groups in total. The third-order valence-corrected chi connectivity index (χ3v) is 3.10. The van der Waals surface area contributed by atoms with Crippen LogP contribution in [0.1, 0.15) is 56.7 Å². The van der Waals surface area contributed by atoms with E-state index in [1.54, 1.807) is 0 Å². The van der Waals surface area contributed by atoms with Crippen molar-refractivity contribution in [1.82, 2.24) is 0 Å². The molecule has 18 heavy (non-hydrogen) atoms. The minimum Gasteiger partial charge on any atom is -0.453 e. The van der Waals surface area contributed by atoms with Crippen molar-refractivity contribution in [3.05, 3.63) is 35.6 Å². The second-order valence-corrected chi connectivity index (χ2v) is 6.11. The van der Waals surface area contributed by atoms with Gasteiger partial charge in [-0.3, -0.25) is 4.79 Å². The number of ketones is 1. The topological polar surface area (TPSA) is 30.2 Å². The van der Waals surface area contributed by atoms with Crippen LogP contribution >= 0.6 is 0 Å². The highest BCUT2D eigenvalue weighted by molar-refractivity contribution is 6.01. The van der Waals surface area contributed by atoms with Crippen LogP contribution in [0.25, 0.3) is 11.0 Å². The van der Waals surface area contributed by atoms with Crippen LogP contribution < -0.4 is 0 Å². The fraction of sp³-hybridized carbons (Fsp3) is 0.438. The van der Waals surface area contributed by atoms with Crippen molar-refractivity contribution in [2.75, 3.05) is 0 Å². The van der Waals surface area contributed by atoms with Gasteiger partial charge in [-0.25, -0.2) is 0 Å². The Hall–Kier alpha value is -1.57. The van der Waals surface area contributed by atoms with Crippen LogP contribution in [-0.2, 0) is 0 Å². The zero-order chi connectivity index (χ0) is 13.5. The van der Waals surface area contributed by atoms with E-state index >= 15 is 0 Å². The molecule has 0 radical (unpaired) electrons. The lowest BCUT2D eigenvalue weighted by Crippen LogP contribution is -2.19. The first kappa shape index (κ1) is 12.9. The van der Waals surface area contributed by atoms with Crippen molar-refractivity contribution in [2.45, 2.75) is 40.5 Å². The summed E-state index contributed by atoms with van der Waals surface area (Å²) >= 11 is 0. The first-order valence-electron chi connectivity index (χ1n) is 6.38. The molecule has 0 fully saturated rings. The van der Waals surface area contributed by atoms with Crippen LogP contribution in [0.4, 0.5) is 0 Å². The van der Waals surface area contributed by atoms with Crippen molar-refractivity contribution in [1.29, 1.82) is 0 Å². The van der Waals surface area contributed by atoms with Crippen LogP contribution in [0.15, 0.2) is 28.7 Å². The summed E-state index contributed by atoms with van der Waals surface area (Å²) in [7, 11) is 0. The number of benzene rings is 1. The Labute approximate surface area is 108 Å². The van der Waals surface area contributed by atoms with Crippen LogP contribution in [0, 0.1) is 5.41 Å². The largest absolute Gasteiger partial charge is 0.453 e. The van der Waals surface area contributed by atoms with Gasteiger partial charge >= 0.3 is 0 Å². The summed E-state index contributed by atoms with van der Waals surface area (Å²) in [4.78, 5) is 12.2. The Morgan fingerprint density at radius 1 is 1.22 bits per heavy atom. The van der Waals surface area contributed by atoms with Gasteiger partial charge in [0, 0.05) is 10.8 Å². The molecule has 0 unspecified atom stereocenters. The minimum absolute atomic E-state index is 0.0495. The number of Topliss-reactive ketones (excluding diaryl/α,β-unsaturated/α-hetero) is 1. The van der Waals surface area contributed by atoms with E-state index in [0.717, 1.165) is 16.5 Å². The predicted molar refractivity (Wildman–Crippen MR) is 74.1 cm³/mol. The highest BCUT2D eigenvalue weighted by Gasteiger charge is 2.26. The van der Waals surface area contributed by atoms with E-state index in [0.29, 0.717) is 11.7 Å². The van der Waals surface area contributed by atoms with Gasteiger partial charge in [-0.1, -0.05) is 52.8 Å². The molecule has 0 aliphatic carbocycles. The molecule has 0 saturated heterocycles. The number of carbonyl (C=O) groups is 1. The monoisotopic (exact) mass is 244 g/mol. The number of furan rings is 1. The highest BCUT2D eigenvalue weighted by Crippen LogP contribution is 2.30. The Morgan fingerprint density at radius 2 is 1.89 bits per heavy atom. The maximum Gasteiger partial charge on any atom is 0.203 e. The van der Waals surface area contributed by atoms with Crippen LogP contribution in [0.2, 0.25) is 0 Å². The summed E-state index contributed by atoms with van der Waals surface area (Å²) in [6, 6.07) is 7.92. The molecule has 2 nitrogen and oxygen atoms in total. The molecular formula is C16H20O2.